The number of ether oxygens (including phenoxy) is 2. The molecule has 186 valence electrons. The van der Waals surface area contributed by atoms with Crippen LogP contribution in [0.3, 0.4) is 0 Å². The lowest BCUT2D eigenvalue weighted by atomic mass is 9.97. The van der Waals surface area contributed by atoms with E-state index in [1.54, 1.807) is 36.0 Å². The van der Waals surface area contributed by atoms with Crippen LogP contribution >= 0.6 is 11.8 Å². The standard InChI is InChI=1S/C27H31NO6S/c1-5-7-23-25(11-10-22(18(3)29)26(23)31)34-12-6-13-35-21-9-8-19(20(14-21)16-28)15-24(30)17(2)27(32)33-4/h8-11,14,17,31H,5-7,12-13,15H2,1-4H3. The minimum absolute atomic E-state index is 0.00481. The van der Waals surface area contributed by atoms with Crippen LogP contribution < -0.4 is 4.74 Å². The van der Waals surface area contributed by atoms with Crippen LogP contribution in [-0.2, 0) is 27.2 Å². The minimum atomic E-state index is -0.876. The number of nitrogens with zero attached hydrogens (tertiary/aromatic N) is 1. The fourth-order valence-corrected chi connectivity index (χ4v) is 4.38. The predicted octanol–water partition coefficient (Wildman–Crippen LogP) is 4.90. The summed E-state index contributed by atoms with van der Waals surface area (Å²) in [6, 6.07) is 10.8. The Balaban J connectivity index is 1.94. The number of rotatable bonds is 13. The van der Waals surface area contributed by atoms with Crippen molar-refractivity contribution in [2.45, 2.75) is 51.3 Å². The van der Waals surface area contributed by atoms with Crippen LogP contribution in [0.15, 0.2) is 35.2 Å². The van der Waals surface area contributed by atoms with E-state index in [0.717, 1.165) is 23.5 Å². The molecule has 0 aliphatic rings. The van der Waals surface area contributed by atoms with Gasteiger partial charge in [-0.2, -0.15) is 5.26 Å². The maximum absolute atomic E-state index is 12.3. The van der Waals surface area contributed by atoms with Gasteiger partial charge in [-0.3, -0.25) is 14.4 Å². The second-order valence-electron chi connectivity index (χ2n) is 8.11. The van der Waals surface area contributed by atoms with Gasteiger partial charge in [0.25, 0.3) is 0 Å². The number of phenolic OH excluding ortho intramolecular Hbond substituents is 1. The molecule has 0 bridgehead atoms. The Morgan fingerprint density at radius 3 is 2.57 bits per heavy atom. The van der Waals surface area contributed by atoms with Crippen molar-refractivity contribution in [3.63, 3.8) is 0 Å². The Kier molecular flexibility index (Phi) is 10.8. The lowest BCUT2D eigenvalue weighted by molar-refractivity contribution is -0.148. The van der Waals surface area contributed by atoms with Crippen LogP contribution in [0, 0.1) is 17.2 Å². The number of methoxy groups -OCH3 is 1. The molecule has 0 saturated heterocycles. The highest BCUT2D eigenvalue weighted by atomic mass is 32.2. The maximum Gasteiger partial charge on any atom is 0.315 e. The molecule has 2 aromatic rings. The normalized spacial score (nSPS) is 11.4. The van der Waals surface area contributed by atoms with E-state index in [0.29, 0.717) is 41.0 Å². The van der Waals surface area contributed by atoms with E-state index in [-0.39, 0.29) is 23.7 Å². The van der Waals surface area contributed by atoms with Gasteiger partial charge in [-0.1, -0.05) is 19.4 Å². The molecule has 0 heterocycles. The average molecular weight is 498 g/mol. The quantitative estimate of drug-likeness (QED) is 0.137. The van der Waals surface area contributed by atoms with E-state index < -0.39 is 11.9 Å². The Labute approximate surface area is 210 Å². The number of carbonyl (C=O) groups is 3. The van der Waals surface area contributed by atoms with Crippen molar-refractivity contribution < 1.29 is 29.0 Å². The summed E-state index contributed by atoms with van der Waals surface area (Å²) in [4.78, 5) is 36.5. The largest absolute Gasteiger partial charge is 0.507 e. The van der Waals surface area contributed by atoms with Crippen molar-refractivity contribution in [2.24, 2.45) is 5.92 Å². The fourth-order valence-electron chi connectivity index (χ4n) is 3.51. The predicted molar refractivity (Wildman–Crippen MR) is 134 cm³/mol. The van der Waals surface area contributed by atoms with Crippen molar-refractivity contribution in [1.29, 1.82) is 5.26 Å². The topological polar surface area (TPSA) is 114 Å². The van der Waals surface area contributed by atoms with Gasteiger partial charge in [0.2, 0.25) is 0 Å². The highest BCUT2D eigenvalue weighted by Gasteiger charge is 2.23. The third-order valence-electron chi connectivity index (χ3n) is 5.54. The van der Waals surface area contributed by atoms with Crippen molar-refractivity contribution in [3.8, 4) is 17.6 Å². The molecular weight excluding hydrogens is 466 g/mol. The van der Waals surface area contributed by atoms with Gasteiger partial charge >= 0.3 is 5.97 Å². The van der Waals surface area contributed by atoms with E-state index in [2.05, 4.69) is 10.8 Å². The van der Waals surface area contributed by atoms with Crippen LogP contribution in [0.25, 0.3) is 0 Å². The number of hydrogen-bond acceptors (Lipinski definition) is 8. The summed E-state index contributed by atoms with van der Waals surface area (Å²) >= 11 is 1.57. The lowest BCUT2D eigenvalue weighted by Crippen LogP contribution is -2.24. The molecule has 2 rings (SSSR count). The first-order valence-electron chi connectivity index (χ1n) is 11.5. The zero-order chi connectivity index (χ0) is 26.0. The van der Waals surface area contributed by atoms with E-state index in [4.69, 9.17) is 4.74 Å². The summed E-state index contributed by atoms with van der Waals surface area (Å²) in [5.41, 5.74) is 1.94. The zero-order valence-electron chi connectivity index (χ0n) is 20.6. The molecule has 0 aliphatic carbocycles. The van der Waals surface area contributed by atoms with Crippen LogP contribution in [0.4, 0.5) is 0 Å². The molecule has 0 aliphatic heterocycles. The van der Waals surface area contributed by atoms with Crippen molar-refractivity contribution in [1.82, 2.24) is 0 Å². The molecule has 0 aromatic heterocycles. The molecule has 0 spiro atoms. The number of hydrogen-bond donors (Lipinski definition) is 1. The summed E-state index contributed by atoms with van der Waals surface area (Å²) in [6.07, 6.45) is 2.14. The molecule has 1 unspecified atom stereocenters. The number of ketones is 2. The number of benzene rings is 2. The van der Waals surface area contributed by atoms with E-state index in [9.17, 15) is 24.8 Å². The second kappa shape index (κ2) is 13.5. The molecule has 7 nitrogen and oxygen atoms in total. The molecule has 35 heavy (non-hydrogen) atoms. The highest BCUT2D eigenvalue weighted by molar-refractivity contribution is 7.99. The van der Waals surface area contributed by atoms with E-state index in [1.165, 1.54) is 21.0 Å². The second-order valence-corrected chi connectivity index (χ2v) is 9.28. The first kappa shape index (κ1) is 27.9. The molecule has 8 heteroatoms. The lowest BCUT2D eigenvalue weighted by Gasteiger charge is -2.14. The summed E-state index contributed by atoms with van der Waals surface area (Å²) in [5, 5.41) is 20.0. The Morgan fingerprint density at radius 1 is 1.20 bits per heavy atom. The number of thioether (sulfide) groups is 1. The molecule has 1 N–H and O–H groups in total. The van der Waals surface area contributed by atoms with Crippen LogP contribution in [0.1, 0.15) is 60.7 Å². The minimum Gasteiger partial charge on any atom is -0.507 e. The van der Waals surface area contributed by atoms with Gasteiger partial charge in [0.15, 0.2) is 11.6 Å². The number of phenols is 1. The van der Waals surface area contributed by atoms with Gasteiger partial charge in [-0.15, -0.1) is 11.8 Å². The van der Waals surface area contributed by atoms with Crippen LogP contribution in [0.5, 0.6) is 11.5 Å². The van der Waals surface area contributed by atoms with E-state index in [1.807, 2.05) is 13.0 Å². The molecule has 0 saturated carbocycles. The number of aromatic hydroxyl groups is 1. The molecule has 0 fully saturated rings. The Hall–Kier alpha value is -3.31. The highest BCUT2D eigenvalue weighted by Crippen LogP contribution is 2.33. The summed E-state index contributed by atoms with van der Waals surface area (Å²) < 4.78 is 10.5. The molecule has 1 atom stereocenters. The zero-order valence-corrected chi connectivity index (χ0v) is 21.4. The monoisotopic (exact) mass is 497 g/mol. The first-order valence-corrected chi connectivity index (χ1v) is 12.5. The Morgan fingerprint density at radius 2 is 1.94 bits per heavy atom. The third-order valence-corrected chi connectivity index (χ3v) is 6.62. The number of nitriles is 1. The van der Waals surface area contributed by atoms with Gasteiger partial charge in [0, 0.05) is 22.6 Å². The van der Waals surface area contributed by atoms with Crippen LogP contribution in [0.2, 0.25) is 0 Å². The van der Waals surface area contributed by atoms with Gasteiger partial charge < -0.3 is 14.6 Å². The van der Waals surface area contributed by atoms with Gasteiger partial charge in [0.1, 0.15) is 17.4 Å². The number of carbonyl (C=O) groups excluding carboxylic acids is 3. The molecule has 0 radical (unpaired) electrons. The average Bonchev–Trinajstić information content (AvgIpc) is 2.85. The van der Waals surface area contributed by atoms with Gasteiger partial charge in [-0.05, 0) is 56.5 Å². The van der Waals surface area contributed by atoms with Crippen molar-refractivity contribution in [3.05, 3.63) is 52.6 Å². The smallest absolute Gasteiger partial charge is 0.315 e. The molecule has 2 aromatic carbocycles. The van der Waals surface area contributed by atoms with Crippen molar-refractivity contribution in [2.75, 3.05) is 19.5 Å². The van der Waals surface area contributed by atoms with Gasteiger partial charge in [-0.25, -0.2) is 0 Å². The summed E-state index contributed by atoms with van der Waals surface area (Å²) in [7, 11) is 1.24. The van der Waals surface area contributed by atoms with Gasteiger partial charge in [0.05, 0.1) is 30.9 Å². The fraction of sp³-hybridized carbons (Fsp3) is 0.407. The molecular formula is C27H31NO6S. The SMILES string of the molecule is CCCc1c(OCCCSc2ccc(CC(=O)C(C)C(=O)OC)c(C#N)c2)ccc(C(C)=O)c1O. The molecule has 0 amide bonds. The first-order chi connectivity index (χ1) is 16.7. The number of Topliss-reactive ketones (excluding diaryl/α,β-unsaturated/α-hetero) is 2. The third kappa shape index (κ3) is 7.59. The van der Waals surface area contributed by atoms with Crippen molar-refractivity contribution >= 4 is 29.3 Å². The number of esters is 1. The summed E-state index contributed by atoms with van der Waals surface area (Å²) in [5.74, 6) is -0.628. The Bertz CT molecular complexity index is 1120. The summed E-state index contributed by atoms with van der Waals surface area (Å²) in [6.45, 7) is 5.35. The van der Waals surface area contributed by atoms with Crippen LogP contribution in [-0.4, -0.2) is 42.1 Å². The maximum atomic E-state index is 12.3. The van der Waals surface area contributed by atoms with E-state index >= 15 is 0 Å².